The van der Waals surface area contributed by atoms with Crippen molar-refractivity contribution in [2.45, 2.75) is 19.8 Å². The first kappa shape index (κ1) is 33.6. The standard InChI is InChI=1S/C33H37Cl2N3O5S/c1-22-28(30(25-10-7-11-26(34)31(25)35)29(23(2)36-22)33(41)43-20-21-44-3)32(40)42-19-18-37-14-16-38(17-15-37)27(39)13-12-24-8-5-4-6-9-24/h4-13,30,36H,14-21H2,1-3H3. The number of carbonyl (C=O) groups is 3. The number of halogens is 2. The van der Waals surface area contributed by atoms with Gasteiger partial charge >= 0.3 is 11.9 Å². The Kier molecular flexibility index (Phi) is 12.4. The van der Waals surface area contributed by atoms with Gasteiger partial charge in [0.15, 0.2) is 0 Å². The van der Waals surface area contributed by atoms with Crippen molar-refractivity contribution < 1.29 is 23.9 Å². The fourth-order valence-corrected chi connectivity index (χ4v) is 5.93. The van der Waals surface area contributed by atoms with Crippen molar-refractivity contribution in [1.29, 1.82) is 0 Å². The lowest BCUT2D eigenvalue weighted by Crippen LogP contribution is -2.49. The van der Waals surface area contributed by atoms with Gasteiger partial charge in [0.05, 0.1) is 27.1 Å². The zero-order chi connectivity index (χ0) is 31.6. The summed E-state index contributed by atoms with van der Waals surface area (Å²) in [5, 5.41) is 3.74. The monoisotopic (exact) mass is 657 g/mol. The SMILES string of the molecule is CSCCOC(=O)C1=C(C)NC(C)=C(C(=O)OCCN2CCN(C(=O)C=Cc3ccccc3)CC2)C1c1cccc(Cl)c1Cl. The van der Waals surface area contributed by atoms with Crippen molar-refractivity contribution in [2.75, 3.05) is 57.9 Å². The Bertz CT molecular complexity index is 1450. The summed E-state index contributed by atoms with van der Waals surface area (Å²) in [4.78, 5) is 43.6. The number of esters is 2. The minimum atomic E-state index is -0.824. The molecule has 2 aromatic carbocycles. The number of rotatable bonds is 11. The number of nitrogens with one attached hydrogen (secondary N) is 1. The van der Waals surface area contributed by atoms with Crippen LogP contribution in [0.2, 0.25) is 10.0 Å². The highest BCUT2D eigenvalue weighted by molar-refractivity contribution is 7.98. The van der Waals surface area contributed by atoms with Gasteiger partial charge in [-0.2, -0.15) is 11.8 Å². The number of ether oxygens (including phenoxy) is 2. The van der Waals surface area contributed by atoms with Crippen LogP contribution in [-0.2, 0) is 23.9 Å². The molecule has 0 spiro atoms. The maximum Gasteiger partial charge on any atom is 0.336 e. The summed E-state index contributed by atoms with van der Waals surface area (Å²) in [6.45, 7) is 6.92. The number of thioether (sulfide) groups is 1. The fraction of sp³-hybridized carbons (Fsp3) is 0.364. The van der Waals surface area contributed by atoms with Crippen LogP contribution in [0.1, 0.15) is 30.9 Å². The molecule has 1 fully saturated rings. The van der Waals surface area contributed by atoms with Gasteiger partial charge in [-0.1, -0.05) is 65.7 Å². The van der Waals surface area contributed by atoms with Crippen LogP contribution in [-0.4, -0.2) is 85.6 Å². The average molecular weight is 659 g/mol. The first-order valence-corrected chi connectivity index (χ1v) is 16.6. The second kappa shape index (κ2) is 16.2. The molecule has 2 heterocycles. The molecule has 44 heavy (non-hydrogen) atoms. The topological polar surface area (TPSA) is 88.2 Å². The van der Waals surface area contributed by atoms with Crippen molar-refractivity contribution in [3.8, 4) is 0 Å². The minimum absolute atomic E-state index is 0.0241. The zero-order valence-electron chi connectivity index (χ0n) is 25.1. The van der Waals surface area contributed by atoms with E-state index in [9.17, 15) is 14.4 Å². The molecule has 2 aromatic rings. The highest BCUT2D eigenvalue weighted by Crippen LogP contribution is 2.43. The van der Waals surface area contributed by atoms with Gasteiger partial charge in [0.2, 0.25) is 5.91 Å². The van der Waals surface area contributed by atoms with E-state index in [-0.39, 0.29) is 35.3 Å². The summed E-state index contributed by atoms with van der Waals surface area (Å²) in [5.41, 5.74) is 3.19. The van der Waals surface area contributed by atoms with Gasteiger partial charge in [-0.25, -0.2) is 9.59 Å². The molecule has 8 nitrogen and oxygen atoms in total. The summed E-state index contributed by atoms with van der Waals surface area (Å²) in [5.74, 6) is -1.30. The Morgan fingerprint density at radius 3 is 2.18 bits per heavy atom. The molecule has 0 saturated carbocycles. The van der Waals surface area contributed by atoms with E-state index in [0.29, 0.717) is 60.5 Å². The second-order valence-electron chi connectivity index (χ2n) is 10.5. The smallest absolute Gasteiger partial charge is 0.336 e. The lowest BCUT2D eigenvalue weighted by Gasteiger charge is -2.34. The molecule has 1 unspecified atom stereocenters. The third kappa shape index (κ3) is 8.47. The van der Waals surface area contributed by atoms with Crippen molar-refractivity contribution >= 4 is 58.9 Å². The summed E-state index contributed by atoms with van der Waals surface area (Å²) in [6.07, 6.45) is 5.35. The summed E-state index contributed by atoms with van der Waals surface area (Å²) >= 11 is 14.6. The lowest BCUT2D eigenvalue weighted by atomic mass is 9.80. The van der Waals surface area contributed by atoms with Gasteiger partial charge in [-0.3, -0.25) is 9.69 Å². The number of carbonyl (C=O) groups excluding carboxylic acids is 3. The van der Waals surface area contributed by atoms with Crippen molar-refractivity contribution in [2.24, 2.45) is 0 Å². The number of allylic oxidation sites excluding steroid dienone is 2. The van der Waals surface area contributed by atoms with Crippen LogP contribution in [0.25, 0.3) is 6.08 Å². The fourth-order valence-electron chi connectivity index (χ4n) is 5.26. The first-order chi connectivity index (χ1) is 21.2. The molecule has 0 aromatic heterocycles. The van der Waals surface area contributed by atoms with Gasteiger partial charge in [-0.15, -0.1) is 0 Å². The molecule has 0 aliphatic carbocycles. The molecule has 1 N–H and O–H groups in total. The molecule has 234 valence electrons. The Labute approximate surface area is 273 Å². The number of piperazine rings is 1. The van der Waals surface area contributed by atoms with Gasteiger partial charge in [0.25, 0.3) is 0 Å². The van der Waals surface area contributed by atoms with E-state index in [1.54, 1.807) is 49.9 Å². The maximum atomic E-state index is 13.6. The van der Waals surface area contributed by atoms with Crippen molar-refractivity contribution in [1.82, 2.24) is 15.1 Å². The third-order valence-electron chi connectivity index (χ3n) is 7.56. The number of benzene rings is 2. The average Bonchev–Trinajstić information content (AvgIpc) is 3.01. The van der Waals surface area contributed by atoms with Crippen LogP contribution in [0, 0.1) is 0 Å². The van der Waals surface area contributed by atoms with E-state index in [2.05, 4.69) is 10.2 Å². The van der Waals surface area contributed by atoms with Crippen LogP contribution >= 0.6 is 35.0 Å². The highest BCUT2D eigenvalue weighted by atomic mass is 35.5. The largest absolute Gasteiger partial charge is 0.461 e. The molecular formula is C33H37Cl2N3O5S. The molecule has 4 rings (SSSR count). The van der Waals surface area contributed by atoms with Crippen LogP contribution < -0.4 is 5.32 Å². The van der Waals surface area contributed by atoms with E-state index in [4.69, 9.17) is 32.7 Å². The summed E-state index contributed by atoms with van der Waals surface area (Å²) in [6, 6.07) is 14.8. The highest BCUT2D eigenvalue weighted by Gasteiger charge is 2.39. The molecule has 1 amide bonds. The third-order valence-corrected chi connectivity index (χ3v) is 8.96. The Morgan fingerprint density at radius 1 is 0.909 bits per heavy atom. The quantitative estimate of drug-likeness (QED) is 0.192. The number of amides is 1. The second-order valence-corrected chi connectivity index (χ2v) is 12.2. The van der Waals surface area contributed by atoms with Crippen LogP contribution in [0.5, 0.6) is 0 Å². The van der Waals surface area contributed by atoms with Gasteiger partial charge in [0.1, 0.15) is 13.2 Å². The molecule has 1 saturated heterocycles. The number of dihydropyridines is 1. The molecule has 1 atom stereocenters. The lowest BCUT2D eigenvalue weighted by molar-refractivity contribution is -0.140. The molecular weight excluding hydrogens is 621 g/mol. The predicted octanol–water partition coefficient (Wildman–Crippen LogP) is 5.54. The first-order valence-electron chi connectivity index (χ1n) is 14.4. The molecule has 0 bridgehead atoms. The van der Waals surface area contributed by atoms with Crippen LogP contribution in [0.15, 0.2) is 77.1 Å². The number of hydrogen-bond acceptors (Lipinski definition) is 8. The predicted molar refractivity (Wildman–Crippen MR) is 177 cm³/mol. The summed E-state index contributed by atoms with van der Waals surface area (Å²) in [7, 11) is 0. The van der Waals surface area contributed by atoms with Crippen LogP contribution in [0.4, 0.5) is 0 Å². The van der Waals surface area contributed by atoms with Gasteiger partial charge < -0.3 is 19.7 Å². The normalized spacial score (nSPS) is 17.6. The zero-order valence-corrected chi connectivity index (χ0v) is 27.4. The Hall–Kier alpha value is -3.24. The van der Waals surface area contributed by atoms with Crippen molar-refractivity contribution in [3.05, 3.63) is 98.3 Å². The maximum absolute atomic E-state index is 13.6. The Morgan fingerprint density at radius 2 is 1.55 bits per heavy atom. The van der Waals surface area contributed by atoms with Crippen LogP contribution in [0.3, 0.4) is 0 Å². The van der Waals surface area contributed by atoms with Gasteiger partial charge in [0, 0.05) is 55.9 Å². The molecule has 2 aliphatic heterocycles. The summed E-state index contributed by atoms with van der Waals surface area (Å²) < 4.78 is 11.3. The van der Waals surface area contributed by atoms with Crippen molar-refractivity contribution in [3.63, 3.8) is 0 Å². The molecule has 11 heteroatoms. The van der Waals surface area contributed by atoms with E-state index >= 15 is 0 Å². The molecule has 0 radical (unpaired) electrons. The number of hydrogen-bond donors (Lipinski definition) is 1. The molecule has 2 aliphatic rings. The van der Waals surface area contributed by atoms with E-state index in [0.717, 1.165) is 5.56 Å². The van der Waals surface area contributed by atoms with Gasteiger partial charge in [-0.05, 0) is 43.4 Å². The Balaban J connectivity index is 1.40. The van der Waals surface area contributed by atoms with E-state index in [1.165, 1.54) is 0 Å². The minimum Gasteiger partial charge on any atom is -0.461 e. The van der Waals surface area contributed by atoms with E-state index in [1.807, 2.05) is 47.6 Å². The van der Waals surface area contributed by atoms with E-state index < -0.39 is 17.9 Å². The number of nitrogens with zero attached hydrogens (tertiary/aromatic N) is 2.